The molecule has 3 rings (SSSR count). The molecule has 1 atom stereocenters. The average molecular weight is 382 g/mol. The van der Waals surface area contributed by atoms with Crippen LogP contribution in [0, 0.1) is 19.3 Å². The Bertz CT molecular complexity index is 909. The van der Waals surface area contributed by atoms with Gasteiger partial charge in [0.15, 0.2) is 11.1 Å². The molecule has 1 aliphatic heterocycles. The van der Waals surface area contributed by atoms with Crippen LogP contribution in [0.1, 0.15) is 28.2 Å². The molecule has 1 fully saturated rings. The minimum absolute atomic E-state index is 0.0973. The summed E-state index contributed by atoms with van der Waals surface area (Å²) in [5.41, 5.74) is -1.06. The van der Waals surface area contributed by atoms with E-state index >= 15 is 0 Å². The fraction of sp³-hybridized carbons (Fsp3) is 0.412. The maximum Gasteiger partial charge on any atom is 0.406 e. The van der Waals surface area contributed by atoms with E-state index in [1.807, 2.05) is 19.1 Å². The standard InChI is InChI=1S/C17H17F3N4O3/c1-10-4-3-5-12(8-10)24-11(2)13(21-22-24)14(25)23-7-6-16(9-23,15(26)27)17(18,19)20/h3-5,8H,6-7,9H2,1-2H3,(H,26,27). The van der Waals surface area contributed by atoms with E-state index in [1.165, 1.54) is 4.68 Å². The lowest BCUT2D eigenvalue weighted by molar-refractivity contribution is -0.227. The number of carbonyl (C=O) groups is 2. The van der Waals surface area contributed by atoms with Crippen molar-refractivity contribution < 1.29 is 27.9 Å². The largest absolute Gasteiger partial charge is 0.481 e. The Kier molecular flexibility index (Phi) is 4.44. The number of aliphatic carboxylic acids is 1. The van der Waals surface area contributed by atoms with Crippen LogP contribution in [0.15, 0.2) is 24.3 Å². The topological polar surface area (TPSA) is 88.3 Å². The maximum absolute atomic E-state index is 13.3. The zero-order valence-electron chi connectivity index (χ0n) is 14.6. The molecule has 0 spiro atoms. The Morgan fingerprint density at radius 2 is 1.96 bits per heavy atom. The molecule has 0 aliphatic carbocycles. The summed E-state index contributed by atoms with van der Waals surface area (Å²) < 4.78 is 41.3. The van der Waals surface area contributed by atoms with Crippen LogP contribution in [0.3, 0.4) is 0 Å². The first-order valence-corrected chi connectivity index (χ1v) is 8.15. The van der Waals surface area contributed by atoms with Crippen LogP contribution in [-0.2, 0) is 4.79 Å². The third kappa shape index (κ3) is 3.04. The van der Waals surface area contributed by atoms with E-state index in [0.717, 1.165) is 10.5 Å². The van der Waals surface area contributed by atoms with Gasteiger partial charge in [-0.15, -0.1) is 5.10 Å². The molecule has 0 bridgehead atoms. The number of benzene rings is 1. The van der Waals surface area contributed by atoms with Crippen molar-refractivity contribution in [2.75, 3.05) is 13.1 Å². The smallest absolute Gasteiger partial charge is 0.406 e. The number of rotatable bonds is 3. The van der Waals surface area contributed by atoms with E-state index in [1.54, 1.807) is 19.1 Å². The molecule has 0 radical (unpaired) electrons. The minimum atomic E-state index is -4.96. The van der Waals surface area contributed by atoms with Gasteiger partial charge in [0, 0.05) is 13.1 Å². The van der Waals surface area contributed by atoms with Crippen molar-refractivity contribution in [1.82, 2.24) is 19.9 Å². The lowest BCUT2D eigenvalue weighted by Gasteiger charge is -2.27. The Morgan fingerprint density at radius 3 is 2.52 bits per heavy atom. The van der Waals surface area contributed by atoms with Crippen molar-refractivity contribution in [2.24, 2.45) is 5.41 Å². The summed E-state index contributed by atoms with van der Waals surface area (Å²) in [6.45, 7) is 2.21. The highest BCUT2D eigenvalue weighted by Crippen LogP contribution is 2.46. The second-order valence-corrected chi connectivity index (χ2v) is 6.64. The molecule has 1 saturated heterocycles. The number of amides is 1. The van der Waals surface area contributed by atoms with Crippen LogP contribution in [0.4, 0.5) is 13.2 Å². The fourth-order valence-electron chi connectivity index (χ4n) is 3.19. The van der Waals surface area contributed by atoms with Gasteiger partial charge < -0.3 is 10.0 Å². The molecule has 1 amide bonds. The van der Waals surface area contributed by atoms with Crippen LogP contribution in [0.2, 0.25) is 0 Å². The van der Waals surface area contributed by atoms with Gasteiger partial charge in [0.25, 0.3) is 5.91 Å². The van der Waals surface area contributed by atoms with Gasteiger partial charge in [-0.25, -0.2) is 4.68 Å². The number of alkyl halides is 3. The van der Waals surface area contributed by atoms with Crippen molar-refractivity contribution in [3.8, 4) is 5.69 Å². The van der Waals surface area contributed by atoms with Crippen molar-refractivity contribution in [3.05, 3.63) is 41.2 Å². The van der Waals surface area contributed by atoms with Gasteiger partial charge >= 0.3 is 12.1 Å². The lowest BCUT2D eigenvalue weighted by Crippen LogP contribution is -2.47. The number of likely N-dealkylation sites (tertiary alicyclic amines) is 1. The summed E-state index contributed by atoms with van der Waals surface area (Å²) in [5.74, 6) is -2.75. The molecule has 7 nitrogen and oxygen atoms in total. The van der Waals surface area contributed by atoms with Crippen molar-refractivity contribution in [3.63, 3.8) is 0 Å². The quantitative estimate of drug-likeness (QED) is 0.881. The van der Waals surface area contributed by atoms with Gasteiger partial charge in [0.05, 0.1) is 11.4 Å². The molecule has 27 heavy (non-hydrogen) atoms. The molecule has 144 valence electrons. The van der Waals surface area contributed by atoms with Gasteiger partial charge in [-0.3, -0.25) is 9.59 Å². The van der Waals surface area contributed by atoms with Gasteiger partial charge in [0.2, 0.25) is 0 Å². The number of nitrogens with zero attached hydrogens (tertiary/aromatic N) is 4. The first kappa shape index (κ1) is 18.9. The molecule has 10 heteroatoms. The molecule has 1 aromatic carbocycles. The number of carboxylic acids is 1. The molecule has 2 heterocycles. The summed E-state index contributed by atoms with van der Waals surface area (Å²) >= 11 is 0. The number of aromatic nitrogens is 3. The molecular weight excluding hydrogens is 365 g/mol. The van der Waals surface area contributed by atoms with E-state index in [2.05, 4.69) is 10.3 Å². The number of aryl methyl sites for hydroxylation is 1. The lowest BCUT2D eigenvalue weighted by atomic mass is 9.86. The van der Waals surface area contributed by atoms with Crippen LogP contribution in [-0.4, -0.2) is 56.1 Å². The summed E-state index contributed by atoms with van der Waals surface area (Å²) in [6, 6.07) is 7.27. The van der Waals surface area contributed by atoms with E-state index in [4.69, 9.17) is 5.11 Å². The molecule has 1 N–H and O–H groups in total. The van der Waals surface area contributed by atoms with Crippen LogP contribution >= 0.6 is 0 Å². The number of carboxylic acid groups (broad SMARTS) is 1. The van der Waals surface area contributed by atoms with E-state index in [9.17, 15) is 22.8 Å². The maximum atomic E-state index is 13.3. The number of carbonyl (C=O) groups excluding carboxylic acids is 1. The predicted molar refractivity (Wildman–Crippen MR) is 87.5 cm³/mol. The van der Waals surface area contributed by atoms with Crippen LogP contribution in [0.5, 0.6) is 0 Å². The Labute approximate surface area is 152 Å². The Hall–Kier alpha value is -2.91. The second-order valence-electron chi connectivity index (χ2n) is 6.64. The summed E-state index contributed by atoms with van der Waals surface area (Å²) in [7, 11) is 0. The first-order chi connectivity index (χ1) is 12.6. The summed E-state index contributed by atoms with van der Waals surface area (Å²) in [5, 5.41) is 16.8. The zero-order valence-corrected chi connectivity index (χ0v) is 14.6. The normalized spacial score (nSPS) is 20.1. The molecule has 1 aliphatic rings. The Morgan fingerprint density at radius 1 is 1.26 bits per heavy atom. The SMILES string of the molecule is Cc1cccc(-n2nnc(C(=O)N3CCC(C(=O)O)(C(F)(F)F)C3)c2C)c1. The van der Waals surface area contributed by atoms with Gasteiger partial charge in [0.1, 0.15) is 0 Å². The molecule has 0 saturated carbocycles. The monoisotopic (exact) mass is 382 g/mol. The summed E-state index contributed by atoms with van der Waals surface area (Å²) in [4.78, 5) is 24.8. The van der Waals surface area contributed by atoms with Crippen molar-refractivity contribution in [2.45, 2.75) is 26.4 Å². The number of hydrogen-bond acceptors (Lipinski definition) is 4. The predicted octanol–water partition coefficient (Wildman–Crippen LogP) is 2.36. The fourth-order valence-corrected chi connectivity index (χ4v) is 3.19. The number of hydrogen-bond donors (Lipinski definition) is 1. The highest BCUT2D eigenvalue weighted by molar-refractivity contribution is 5.94. The van der Waals surface area contributed by atoms with Gasteiger partial charge in [-0.2, -0.15) is 13.2 Å². The van der Waals surface area contributed by atoms with Gasteiger partial charge in [-0.05, 0) is 38.0 Å². The van der Waals surface area contributed by atoms with E-state index in [-0.39, 0.29) is 12.2 Å². The van der Waals surface area contributed by atoms with E-state index < -0.39 is 36.4 Å². The van der Waals surface area contributed by atoms with Crippen molar-refractivity contribution >= 4 is 11.9 Å². The average Bonchev–Trinajstić information content (AvgIpc) is 3.19. The highest BCUT2D eigenvalue weighted by Gasteiger charge is 2.64. The number of halogens is 3. The van der Waals surface area contributed by atoms with Gasteiger partial charge in [-0.1, -0.05) is 17.3 Å². The van der Waals surface area contributed by atoms with Crippen LogP contribution in [0.25, 0.3) is 5.69 Å². The third-order valence-corrected chi connectivity index (χ3v) is 4.85. The first-order valence-electron chi connectivity index (χ1n) is 8.15. The Balaban J connectivity index is 1.89. The second kappa shape index (κ2) is 6.36. The molecule has 2 aromatic rings. The zero-order chi connectivity index (χ0) is 20.0. The van der Waals surface area contributed by atoms with Crippen molar-refractivity contribution in [1.29, 1.82) is 0 Å². The molecular formula is C17H17F3N4O3. The van der Waals surface area contributed by atoms with Crippen LogP contribution < -0.4 is 0 Å². The molecule has 1 aromatic heterocycles. The molecule has 1 unspecified atom stereocenters. The third-order valence-electron chi connectivity index (χ3n) is 4.85. The minimum Gasteiger partial charge on any atom is -0.481 e. The highest BCUT2D eigenvalue weighted by atomic mass is 19.4. The summed E-state index contributed by atoms with van der Waals surface area (Å²) in [6.07, 6.45) is -5.65. The van der Waals surface area contributed by atoms with E-state index in [0.29, 0.717) is 11.4 Å².